The second kappa shape index (κ2) is 7.09. The fourth-order valence-electron chi connectivity index (χ4n) is 3.47. The van der Waals surface area contributed by atoms with Gasteiger partial charge in [0.1, 0.15) is 0 Å². The Bertz CT molecular complexity index is 385. The topological polar surface area (TPSA) is 12.0 Å². The van der Waals surface area contributed by atoms with Crippen LogP contribution in [0.4, 0.5) is 0 Å². The van der Waals surface area contributed by atoms with E-state index in [1.807, 2.05) is 0 Å². The largest absolute Gasteiger partial charge is 0.314 e. The number of rotatable bonds is 6. The van der Waals surface area contributed by atoms with Crippen LogP contribution in [-0.2, 0) is 6.42 Å². The van der Waals surface area contributed by atoms with Gasteiger partial charge in [-0.1, -0.05) is 51.5 Å². The van der Waals surface area contributed by atoms with E-state index in [2.05, 4.69) is 50.4 Å². The summed E-state index contributed by atoms with van der Waals surface area (Å²) >= 11 is 0. The lowest BCUT2D eigenvalue weighted by atomic mass is 9.77. The van der Waals surface area contributed by atoms with Gasteiger partial charge in [0.15, 0.2) is 0 Å². The first-order chi connectivity index (χ1) is 9.26. The molecule has 1 nitrogen and oxygen atoms in total. The molecule has 0 aliphatic heterocycles. The lowest BCUT2D eigenvalue weighted by molar-refractivity contribution is 0.321. The summed E-state index contributed by atoms with van der Waals surface area (Å²) in [6, 6.07) is 9.76. The number of aryl methyl sites for hydroxylation is 1. The Morgan fingerprint density at radius 2 is 2.05 bits per heavy atom. The molecular formula is C18H29N. The van der Waals surface area contributed by atoms with Crippen molar-refractivity contribution >= 4 is 0 Å². The number of fused-ring (bicyclic) bond motifs is 1. The predicted octanol–water partition coefficient (Wildman–Crippen LogP) is 4.52. The molecule has 1 aromatic rings. The maximum absolute atomic E-state index is 3.71. The van der Waals surface area contributed by atoms with Gasteiger partial charge in [-0.3, -0.25) is 0 Å². The fraction of sp³-hybridized carbons (Fsp3) is 0.667. The molecule has 0 fully saturated rings. The molecular weight excluding hydrogens is 230 g/mol. The minimum Gasteiger partial charge on any atom is -0.314 e. The molecule has 2 rings (SSSR count). The molecule has 1 aliphatic carbocycles. The predicted molar refractivity (Wildman–Crippen MR) is 83.7 cm³/mol. The van der Waals surface area contributed by atoms with E-state index in [0.717, 1.165) is 18.4 Å². The molecule has 0 aromatic heterocycles. The Balaban J connectivity index is 2.10. The third kappa shape index (κ3) is 3.60. The number of benzene rings is 1. The third-order valence-electron chi connectivity index (χ3n) is 4.83. The van der Waals surface area contributed by atoms with Crippen LogP contribution in [0.1, 0.15) is 63.5 Å². The first-order valence-electron chi connectivity index (χ1n) is 8.07. The summed E-state index contributed by atoms with van der Waals surface area (Å²) in [4.78, 5) is 0. The van der Waals surface area contributed by atoms with Gasteiger partial charge < -0.3 is 5.32 Å². The van der Waals surface area contributed by atoms with E-state index < -0.39 is 0 Å². The van der Waals surface area contributed by atoms with Gasteiger partial charge in [-0.2, -0.15) is 0 Å². The Morgan fingerprint density at radius 1 is 1.26 bits per heavy atom. The zero-order valence-corrected chi connectivity index (χ0v) is 12.8. The Morgan fingerprint density at radius 3 is 2.79 bits per heavy atom. The summed E-state index contributed by atoms with van der Waals surface area (Å²) in [5.74, 6) is 1.54. The van der Waals surface area contributed by atoms with Crippen molar-refractivity contribution in [3.8, 4) is 0 Å². The molecule has 1 aromatic carbocycles. The second-order valence-electron chi connectivity index (χ2n) is 6.07. The maximum atomic E-state index is 3.71. The van der Waals surface area contributed by atoms with Crippen LogP contribution in [0, 0.1) is 5.92 Å². The standard InChI is InChI=1S/C18H29N/c1-4-14(3)18(19-5-2)13-16-11-8-10-15-9-6-7-12-17(15)16/h6-7,9,12,14,16,18-19H,4-5,8,10-11,13H2,1-3H3. The van der Waals surface area contributed by atoms with Gasteiger partial charge in [0.05, 0.1) is 0 Å². The van der Waals surface area contributed by atoms with Crippen molar-refractivity contribution < 1.29 is 0 Å². The van der Waals surface area contributed by atoms with Gasteiger partial charge in [0.2, 0.25) is 0 Å². The monoisotopic (exact) mass is 259 g/mol. The molecule has 0 saturated heterocycles. The van der Waals surface area contributed by atoms with Gasteiger partial charge in [-0.15, -0.1) is 0 Å². The average molecular weight is 259 g/mol. The molecule has 19 heavy (non-hydrogen) atoms. The Hall–Kier alpha value is -0.820. The first kappa shape index (κ1) is 14.6. The van der Waals surface area contributed by atoms with Crippen LogP contribution in [0.25, 0.3) is 0 Å². The Labute approximate surface area is 118 Å². The molecule has 0 spiro atoms. The van der Waals surface area contributed by atoms with Crippen molar-refractivity contribution in [1.29, 1.82) is 0 Å². The molecule has 0 saturated carbocycles. The molecule has 0 amide bonds. The molecule has 0 radical (unpaired) electrons. The van der Waals surface area contributed by atoms with E-state index in [1.165, 1.54) is 32.1 Å². The van der Waals surface area contributed by atoms with Crippen molar-refractivity contribution in [1.82, 2.24) is 5.32 Å². The van der Waals surface area contributed by atoms with Crippen LogP contribution in [-0.4, -0.2) is 12.6 Å². The van der Waals surface area contributed by atoms with Crippen LogP contribution in [0.15, 0.2) is 24.3 Å². The van der Waals surface area contributed by atoms with Crippen molar-refractivity contribution in [2.45, 2.75) is 64.8 Å². The minimum absolute atomic E-state index is 0.672. The average Bonchev–Trinajstić information content (AvgIpc) is 2.46. The zero-order chi connectivity index (χ0) is 13.7. The molecule has 1 N–H and O–H groups in total. The van der Waals surface area contributed by atoms with Gasteiger partial charge in [-0.25, -0.2) is 0 Å². The summed E-state index contributed by atoms with van der Waals surface area (Å²) in [7, 11) is 0. The van der Waals surface area contributed by atoms with E-state index >= 15 is 0 Å². The first-order valence-corrected chi connectivity index (χ1v) is 8.07. The quantitative estimate of drug-likeness (QED) is 0.792. The highest BCUT2D eigenvalue weighted by Crippen LogP contribution is 2.35. The molecule has 1 aliphatic rings. The highest BCUT2D eigenvalue weighted by molar-refractivity contribution is 5.32. The van der Waals surface area contributed by atoms with Crippen molar-refractivity contribution in [2.24, 2.45) is 5.92 Å². The molecule has 3 unspecified atom stereocenters. The molecule has 1 heteroatoms. The fourth-order valence-corrected chi connectivity index (χ4v) is 3.47. The van der Waals surface area contributed by atoms with Crippen molar-refractivity contribution in [3.05, 3.63) is 35.4 Å². The van der Waals surface area contributed by atoms with E-state index in [4.69, 9.17) is 0 Å². The number of hydrogen-bond acceptors (Lipinski definition) is 1. The van der Waals surface area contributed by atoms with E-state index in [0.29, 0.717) is 6.04 Å². The van der Waals surface area contributed by atoms with Gasteiger partial charge in [0, 0.05) is 6.04 Å². The molecule has 106 valence electrons. The number of nitrogens with one attached hydrogen (secondary N) is 1. The summed E-state index contributed by atoms with van der Waals surface area (Å²) < 4.78 is 0. The highest BCUT2D eigenvalue weighted by atomic mass is 14.9. The van der Waals surface area contributed by atoms with Gasteiger partial charge >= 0.3 is 0 Å². The molecule has 3 atom stereocenters. The maximum Gasteiger partial charge on any atom is 0.00982 e. The van der Waals surface area contributed by atoms with Crippen molar-refractivity contribution in [3.63, 3.8) is 0 Å². The third-order valence-corrected chi connectivity index (χ3v) is 4.83. The smallest absolute Gasteiger partial charge is 0.00982 e. The minimum atomic E-state index is 0.672. The zero-order valence-electron chi connectivity index (χ0n) is 12.8. The summed E-state index contributed by atoms with van der Waals surface area (Å²) in [5, 5.41) is 3.71. The lowest BCUT2D eigenvalue weighted by Gasteiger charge is -2.32. The van der Waals surface area contributed by atoms with Gasteiger partial charge in [-0.05, 0) is 55.2 Å². The summed E-state index contributed by atoms with van der Waals surface area (Å²) in [6.45, 7) is 8.01. The Kier molecular flexibility index (Phi) is 5.45. The van der Waals surface area contributed by atoms with Crippen LogP contribution in [0.5, 0.6) is 0 Å². The van der Waals surface area contributed by atoms with E-state index in [9.17, 15) is 0 Å². The van der Waals surface area contributed by atoms with Crippen LogP contribution in [0.3, 0.4) is 0 Å². The second-order valence-corrected chi connectivity index (χ2v) is 6.07. The van der Waals surface area contributed by atoms with Crippen LogP contribution < -0.4 is 5.32 Å². The molecule has 0 heterocycles. The lowest BCUT2D eigenvalue weighted by Crippen LogP contribution is -2.36. The van der Waals surface area contributed by atoms with Crippen LogP contribution in [0.2, 0.25) is 0 Å². The number of hydrogen-bond donors (Lipinski definition) is 1. The van der Waals surface area contributed by atoms with Crippen LogP contribution >= 0.6 is 0 Å². The summed E-state index contributed by atoms with van der Waals surface area (Å²) in [5.41, 5.74) is 3.22. The molecule has 0 bridgehead atoms. The van der Waals surface area contributed by atoms with E-state index in [-0.39, 0.29) is 0 Å². The van der Waals surface area contributed by atoms with Crippen molar-refractivity contribution in [2.75, 3.05) is 6.54 Å². The van der Waals surface area contributed by atoms with E-state index in [1.54, 1.807) is 11.1 Å². The summed E-state index contributed by atoms with van der Waals surface area (Å²) in [6.07, 6.45) is 6.59. The SMILES string of the molecule is CCNC(CC1CCCc2ccccc21)C(C)CC. The van der Waals surface area contributed by atoms with Gasteiger partial charge in [0.25, 0.3) is 0 Å². The highest BCUT2D eigenvalue weighted by Gasteiger charge is 2.25. The normalized spacial score (nSPS) is 21.7.